The fourth-order valence-corrected chi connectivity index (χ4v) is 2.06. The normalized spacial score (nSPS) is 10.3. The molecule has 7 heteroatoms. The number of methoxy groups -OCH3 is 2. The molecule has 0 unspecified atom stereocenters. The lowest BCUT2D eigenvalue weighted by Gasteiger charge is -2.14. The van der Waals surface area contributed by atoms with Gasteiger partial charge in [-0.25, -0.2) is 5.84 Å². The van der Waals surface area contributed by atoms with Gasteiger partial charge in [0.15, 0.2) is 5.43 Å². The Bertz CT molecular complexity index is 709. The fourth-order valence-electron chi connectivity index (χ4n) is 2.06. The van der Waals surface area contributed by atoms with Crippen molar-refractivity contribution >= 4 is 16.8 Å². The number of hydrazine groups is 1. The maximum absolute atomic E-state index is 12.1. The number of ether oxygens (including phenoxy) is 2. The molecule has 3 N–H and O–H groups in total. The zero-order chi connectivity index (χ0) is 14.7. The molecule has 0 radical (unpaired) electrons. The summed E-state index contributed by atoms with van der Waals surface area (Å²) < 4.78 is 12.0. The Labute approximate surface area is 114 Å². The zero-order valence-electron chi connectivity index (χ0n) is 11.2. The van der Waals surface area contributed by atoms with Crippen LogP contribution >= 0.6 is 0 Å². The molecule has 0 saturated carbocycles. The van der Waals surface area contributed by atoms with Gasteiger partial charge in [-0.05, 0) is 12.1 Å². The Morgan fingerprint density at radius 2 is 1.90 bits per heavy atom. The number of nitrogens with one attached hydrogen (secondary N) is 1. The van der Waals surface area contributed by atoms with Gasteiger partial charge in [0.2, 0.25) is 0 Å². The lowest BCUT2D eigenvalue weighted by molar-refractivity contribution is -0.121. The van der Waals surface area contributed by atoms with Crippen LogP contribution in [-0.2, 0) is 11.3 Å². The molecule has 0 aliphatic heterocycles. The lowest BCUT2D eigenvalue weighted by Crippen LogP contribution is -2.33. The Balaban J connectivity index is 2.80. The minimum Gasteiger partial charge on any atom is -0.496 e. The average molecular weight is 277 g/mol. The predicted octanol–water partition coefficient (Wildman–Crippen LogP) is 0.00860. The van der Waals surface area contributed by atoms with E-state index in [4.69, 9.17) is 15.3 Å². The van der Waals surface area contributed by atoms with E-state index in [-0.39, 0.29) is 17.9 Å². The van der Waals surface area contributed by atoms with E-state index in [9.17, 15) is 9.59 Å². The van der Waals surface area contributed by atoms with E-state index >= 15 is 0 Å². The Morgan fingerprint density at radius 1 is 1.25 bits per heavy atom. The van der Waals surface area contributed by atoms with E-state index in [0.717, 1.165) is 0 Å². The maximum atomic E-state index is 12.1. The van der Waals surface area contributed by atoms with Crippen molar-refractivity contribution in [3.63, 3.8) is 0 Å². The number of carbonyl (C=O) groups excluding carboxylic acids is 1. The minimum atomic E-state index is -0.389. The van der Waals surface area contributed by atoms with Crippen molar-refractivity contribution in [3.8, 4) is 11.5 Å². The Morgan fingerprint density at radius 3 is 2.50 bits per heavy atom. The Hall–Kier alpha value is -2.54. The quantitative estimate of drug-likeness (QED) is 0.466. The third-order valence-electron chi connectivity index (χ3n) is 2.96. The molecular weight excluding hydrogens is 262 g/mol. The van der Waals surface area contributed by atoms with Crippen molar-refractivity contribution < 1.29 is 14.3 Å². The molecule has 0 bridgehead atoms. The maximum Gasteiger partial charge on any atom is 0.253 e. The number of carbonyl (C=O) groups is 1. The van der Waals surface area contributed by atoms with Crippen LogP contribution in [0.2, 0.25) is 0 Å². The number of fused-ring (bicyclic) bond motifs is 1. The van der Waals surface area contributed by atoms with Gasteiger partial charge in [-0.1, -0.05) is 0 Å². The van der Waals surface area contributed by atoms with Gasteiger partial charge >= 0.3 is 0 Å². The van der Waals surface area contributed by atoms with Crippen LogP contribution < -0.4 is 26.2 Å². The predicted molar refractivity (Wildman–Crippen MR) is 73.6 cm³/mol. The van der Waals surface area contributed by atoms with Crippen LogP contribution in [0.3, 0.4) is 0 Å². The van der Waals surface area contributed by atoms with Gasteiger partial charge in [0, 0.05) is 12.3 Å². The van der Waals surface area contributed by atoms with Crippen LogP contribution in [0.15, 0.2) is 29.2 Å². The van der Waals surface area contributed by atoms with Crippen LogP contribution in [0.1, 0.15) is 0 Å². The van der Waals surface area contributed by atoms with Crippen LogP contribution in [-0.4, -0.2) is 24.7 Å². The molecular formula is C13H15N3O4. The van der Waals surface area contributed by atoms with Crippen molar-refractivity contribution in [2.45, 2.75) is 6.54 Å². The molecule has 0 aliphatic carbocycles. The first-order chi connectivity index (χ1) is 9.62. The number of pyridine rings is 1. The number of rotatable bonds is 4. The van der Waals surface area contributed by atoms with Crippen LogP contribution in [0.4, 0.5) is 0 Å². The molecule has 2 aromatic rings. The smallest absolute Gasteiger partial charge is 0.253 e. The van der Waals surface area contributed by atoms with E-state index in [1.54, 1.807) is 16.7 Å². The van der Waals surface area contributed by atoms with E-state index < -0.39 is 0 Å². The standard InChI is InChI=1S/C13H15N3O4/c1-19-9-3-4-10(20-2)13-12(9)8(17)5-6-16(13)7-11(18)15-14/h3-6H,7,14H2,1-2H3,(H,15,18). The summed E-state index contributed by atoms with van der Waals surface area (Å²) in [6, 6.07) is 4.70. The molecule has 1 aromatic heterocycles. The summed E-state index contributed by atoms with van der Waals surface area (Å²) in [7, 11) is 2.97. The van der Waals surface area contributed by atoms with Gasteiger partial charge < -0.3 is 14.0 Å². The molecule has 1 aromatic carbocycles. The summed E-state index contributed by atoms with van der Waals surface area (Å²) in [6.45, 7) is -0.0309. The van der Waals surface area contributed by atoms with Crippen LogP contribution in [0.5, 0.6) is 11.5 Å². The van der Waals surface area contributed by atoms with Gasteiger partial charge in [0.1, 0.15) is 18.0 Å². The van der Waals surface area contributed by atoms with Gasteiger partial charge in [-0.15, -0.1) is 0 Å². The third kappa shape index (κ3) is 2.30. The second-order valence-electron chi connectivity index (χ2n) is 4.07. The molecule has 0 aliphatic rings. The molecule has 2 rings (SSSR count). The summed E-state index contributed by atoms with van der Waals surface area (Å²) >= 11 is 0. The summed E-state index contributed by atoms with van der Waals surface area (Å²) in [6.07, 6.45) is 1.52. The van der Waals surface area contributed by atoms with E-state index in [2.05, 4.69) is 0 Å². The molecule has 0 saturated heterocycles. The van der Waals surface area contributed by atoms with Gasteiger partial charge in [-0.3, -0.25) is 15.0 Å². The summed E-state index contributed by atoms with van der Waals surface area (Å²) in [4.78, 5) is 23.5. The average Bonchev–Trinajstić information content (AvgIpc) is 2.48. The van der Waals surface area contributed by atoms with Crippen molar-refractivity contribution in [2.75, 3.05) is 14.2 Å². The SMILES string of the molecule is COc1ccc(OC)c2c1c(=O)ccn2CC(=O)NN. The van der Waals surface area contributed by atoms with Crippen LogP contribution in [0, 0.1) is 0 Å². The second-order valence-corrected chi connectivity index (χ2v) is 4.07. The van der Waals surface area contributed by atoms with Gasteiger partial charge in [0.25, 0.3) is 5.91 Å². The third-order valence-corrected chi connectivity index (χ3v) is 2.96. The number of amides is 1. The first-order valence-electron chi connectivity index (χ1n) is 5.86. The molecule has 1 amide bonds. The number of benzene rings is 1. The van der Waals surface area contributed by atoms with Crippen molar-refractivity contribution in [1.29, 1.82) is 0 Å². The number of nitrogens with zero attached hydrogens (tertiary/aromatic N) is 1. The summed E-state index contributed by atoms with van der Waals surface area (Å²) in [5.74, 6) is 5.60. The monoisotopic (exact) mass is 277 g/mol. The largest absolute Gasteiger partial charge is 0.496 e. The van der Waals surface area contributed by atoms with Gasteiger partial charge in [-0.2, -0.15) is 0 Å². The second kappa shape index (κ2) is 5.62. The number of hydrogen-bond donors (Lipinski definition) is 2. The van der Waals surface area contributed by atoms with E-state index in [1.807, 2.05) is 5.43 Å². The molecule has 106 valence electrons. The highest BCUT2D eigenvalue weighted by Gasteiger charge is 2.14. The van der Waals surface area contributed by atoms with Crippen molar-refractivity contribution in [1.82, 2.24) is 9.99 Å². The number of nitrogens with two attached hydrogens (primary N) is 1. The molecule has 20 heavy (non-hydrogen) atoms. The zero-order valence-corrected chi connectivity index (χ0v) is 11.2. The summed E-state index contributed by atoms with van der Waals surface area (Å²) in [5, 5.41) is 0.360. The topological polar surface area (TPSA) is 95.6 Å². The van der Waals surface area contributed by atoms with Crippen molar-refractivity contribution in [3.05, 3.63) is 34.6 Å². The molecule has 1 heterocycles. The van der Waals surface area contributed by atoms with E-state index in [0.29, 0.717) is 22.4 Å². The van der Waals surface area contributed by atoms with Crippen molar-refractivity contribution in [2.24, 2.45) is 5.84 Å². The first kappa shape index (κ1) is 13.9. The Kier molecular flexibility index (Phi) is 3.90. The van der Waals surface area contributed by atoms with E-state index in [1.165, 1.54) is 26.5 Å². The summed E-state index contributed by atoms with van der Waals surface area (Å²) in [5.41, 5.74) is 2.33. The molecule has 7 nitrogen and oxygen atoms in total. The van der Waals surface area contributed by atoms with Crippen LogP contribution in [0.25, 0.3) is 10.9 Å². The first-order valence-corrected chi connectivity index (χ1v) is 5.86. The minimum absolute atomic E-state index is 0.0309. The molecule has 0 atom stereocenters. The fraction of sp³-hybridized carbons (Fsp3) is 0.231. The number of aromatic nitrogens is 1. The molecule has 0 fully saturated rings. The van der Waals surface area contributed by atoms with Gasteiger partial charge in [0.05, 0.1) is 25.1 Å². The highest BCUT2D eigenvalue weighted by Crippen LogP contribution is 2.30. The highest BCUT2D eigenvalue weighted by molar-refractivity contribution is 5.91. The lowest BCUT2D eigenvalue weighted by atomic mass is 10.1. The molecule has 0 spiro atoms. The highest BCUT2D eigenvalue weighted by atomic mass is 16.5. The number of hydrogen-bond acceptors (Lipinski definition) is 5.